The van der Waals surface area contributed by atoms with Gasteiger partial charge in [-0.25, -0.2) is 9.59 Å². The number of rotatable bonds is 7. The highest BCUT2D eigenvalue weighted by Gasteiger charge is 2.50. The Morgan fingerprint density at radius 2 is 1.60 bits per heavy atom. The molecule has 5 rings (SSSR count). The van der Waals surface area contributed by atoms with Crippen LogP contribution in [0.25, 0.3) is 11.1 Å². The number of aromatic carboxylic acids is 1. The van der Waals surface area contributed by atoms with Crippen LogP contribution in [0, 0.1) is 8.99 Å². The van der Waals surface area contributed by atoms with Gasteiger partial charge in [-0.2, -0.15) is 0 Å². The fraction of sp³-hybridized carbons (Fsp3) is 0.222. The summed E-state index contributed by atoms with van der Waals surface area (Å²) in [5.41, 5.74) is 4.42. The van der Waals surface area contributed by atoms with Gasteiger partial charge in [0.25, 0.3) is 0 Å². The Morgan fingerprint density at radius 3 is 2.20 bits per heavy atom. The predicted molar refractivity (Wildman–Crippen MR) is 139 cm³/mol. The van der Waals surface area contributed by atoms with E-state index in [2.05, 4.69) is 34.9 Å². The lowest BCUT2D eigenvalue weighted by molar-refractivity contribution is -0.120. The van der Waals surface area contributed by atoms with Crippen molar-refractivity contribution >= 4 is 46.2 Å². The number of carbonyl (C=O) groups excluding carboxylic acids is 2. The lowest BCUT2D eigenvalue weighted by Gasteiger charge is -2.18. The number of hydrogen-bond acceptors (Lipinski definition) is 4. The summed E-state index contributed by atoms with van der Waals surface area (Å²) in [6.07, 6.45) is 0.712. The number of ether oxygens (including phenoxy) is 1. The molecule has 3 N–H and O–H groups in total. The molecule has 7 nitrogen and oxygen atoms in total. The van der Waals surface area contributed by atoms with Crippen molar-refractivity contribution in [2.24, 2.45) is 5.41 Å². The number of nitrogens with one attached hydrogen (secondary N) is 2. The number of amides is 2. The van der Waals surface area contributed by atoms with E-state index in [4.69, 9.17) is 4.74 Å². The van der Waals surface area contributed by atoms with Crippen LogP contribution >= 0.6 is 22.6 Å². The van der Waals surface area contributed by atoms with E-state index in [1.165, 1.54) is 12.1 Å². The molecule has 0 aliphatic heterocycles. The molecule has 0 spiro atoms. The fourth-order valence-corrected chi connectivity index (χ4v) is 5.01. The Morgan fingerprint density at radius 1 is 0.971 bits per heavy atom. The van der Waals surface area contributed by atoms with Gasteiger partial charge in [0, 0.05) is 16.0 Å². The zero-order chi connectivity index (χ0) is 24.6. The average molecular weight is 582 g/mol. The smallest absolute Gasteiger partial charge is 0.407 e. The molecule has 0 saturated heterocycles. The summed E-state index contributed by atoms with van der Waals surface area (Å²) < 4.78 is 6.31. The minimum atomic E-state index is -1.06. The summed E-state index contributed by atoms with van der Waals surface area (Å²) in [7, 11) is 0. The Hall–Kier alpha value is -3.40. The highest BCUT2D eigenvalue weighted by molar-refractivity contribution is 14.1. The number of halogens is 1. The minimum absolute atomic E-state index is 0.0325. The van der Waals surface area contributed by atoms with Crippen molar-refractivity contribution in [3.8, 4) is 11.1 Å². The van der Waals surface area contributed by atoms with E-state index < -0.39 is 17.5 Å². The highest BCUT2D eigenvalue weighted by Crippen LogP contribution is 2.46. The standard InChI is InChI=1S/C27H23IN2O5/c28-22-10-9-16(24(31)32)13-23(22)30-25(33)27(11-12-27)15-29-26(34)35-14-21-19-7-3-1-5-17(19)18-6-2-4-8-20(18)21/h1-10,13,21H,11-12,14-15H2,(H,29,34)(H,30,33)(H,31,32). The van der Waals surface area contributed by atoms with Crippen molar-refractivity contribution in [2.75, 3.05) is 18.5 Å². The molecular formula is C27H23IN2O5. The quantitative estimate of drug-likeness (QED) is 0.331. The van der Waals surface area contributed by atoms with Crippen molar-refractivity contribution in [1.82, 2.24) is 5.32 Å². The number of carboxylic acids is 1. The van der Waals surface area contributed by atoms with E-state index in [0.29, 0.717) is 18.5 Å². The van der Waals surface area contributed by atoms with Crippen LogP contribution in [-0.2, 0) is 9.53 Å². The average Bonchev–Trinajstić information content (AvgIpc) is 3.59. The van der Waals surface area contributed by atoms with Crippen LogP contribution in [0.15, 0.2) is 66.7 Å². The Labute approximate surface area is 216 Å². The van der Waals surface area contributed by atoms with Gasteiger partial charge >= 0.3 is 12.1 Å². The zero-order valence-electron chi connectivity index (χ0n) is 18.7. The van der Waals surface area contributed by atoms with Gasteiger partial charge in [-0.05, 0) is 75.9 Å². The Kier molecular flexibility index (Phi) is 6.22. The summed E-state index contributed by atoms with van der Waals surface area (Å²) in [4.78, 5) is 36.7. The second-order valence-electron chi connectivity index (χ2n) is 8.91. The molecular weight excluding hydrogens is 559 g/mol. The molecule has 1 saturated carbocycles. The van der Waals surface area contributed by atoms with E-state index in [0.717, 1.165) is 25.8 Å². The fourth-order valence-electron chi connectivity index (χ4n) is 4.53. The van der Waals surface area contributed by atoms with Crippen LogP contribution < -0.4 is 10.6 Å². The van der Waals surface area contributed by atoms with Crippen molar-refractivity contribution < 1.29 is 24.2 Å². The van der Waals surface area contributed by atoms with Crippen molar-refractivity contribution in [1.29, 1.82) is 0 Å². The monoisotopic (exact) mass is 582 g/mol. The maximum atomic E-state index is 12.9. The lowest BCUT2D eigenvalue weighted by Crippen LogP contribution is -2.37. The molecule has 0 unspecified atom stereocenters. The summed E-state index contributed by atoms with van der Waals surface area (Å²) >= 11 is 2.05. The number of fused-ring (bicyclic) bond motifs is 3. The van der Waals surface area contributed by atoms with Gasteiger partial charge in [0.1, 0.15) is 6.61 Å². The first kappa shape index (κ1) is 23.3. The van der Waals surface area contributed by atoms with Crippen LogP contribution in [0.3, 0.4) is 0 Å². The van der Waals surface area contributed by atoms with Gasteiger partial charge in [0.05, 0.1) is 16.7 Å². The molecule has 0 aromatic heterocycles. The summed E-state index contributed by atoms with van der Waals surface area (Å²) in [5, 5.41) is 14.8. The van der Waals surface area contributed by atoms with Crippen LogP contribution in [0.5, 0.6) is 0 Å². The first-order valence-corrected chi connectivity index (χ1v) is 12.4. The molecule has 3 aromatic carbocycles. The van der Waals surface area contributed by atoms with Crippen molar-refractivity contribution in [2.45, 2.75) is 18.8 Å². The molecule has 35 heavy (non-hydrogen) atoms. The van der Waals surface area contributed by atoms with Crippen LogP contribution in [0.2, 0.25) is 0 Å². The molecule has 2 aliphatic carbocycles. The van der Waals surface area contributed by atoms with Crippen LogP contribution in [-0.4, -0.2) is 36.2 Å². The Bertz CT molecular complexity index is 1290. The Balaban J connectivity index is 1.19. The summed E-state index contributed by atoms with van der Waals surface area (Å²) in [6, 6.07) is 20.8. The number of carbonyl (C=O) groups is 3. The highest BCUT2D eigenvalue weighted by atomic mass is 127. The first-order chi connectivity index (χ1) is 16.9. The molecule has 3 aromatic rings. The molecule has 0 heterocycles. The summed E-state index contributed by atoms with van der Waals surface area (Å²) in [6.45, 7) is 0.365. The zero-order valence-corrected chi connectivity index (χ0v) is 20.9. The molecule has 1 fully saturated rings. The molecule has 0 radical (unpaired) electrons. The third kappa shape index (κ3) is 4.62. The van der Waals surface area contributed by atoms with Crippen molar-refractivity contribution in [3.05, 3.63) is 87.0 Å². The number of anilines is 1. The second kappa shape index (κ2) is 9.33. The topological polar surface area (TPSA) is 105 Å². The molecule has 2 amide bonds. The van der Waals surface area contributed by atoms with Gasteiger partial charge in [-0.3, -0.25) is 4.79 Å². The van der Waals surface area contributed by atoms with E-state index in [-0.39, 0.29) is 30.5 Å². The molecule has 0 atom stereocenters. The molecule has 178 valence electrons. The van der Waals surface area contributed by atoms with E-state index in [1.807, 2.05) is 46.9 Å². The van der Waals surface area contributed by atoms with Gasteiger partial charge in [0.15, 0.2) is 0 Å². The number of benzene rings is 3. The number of hydrogen-bond donors (Lipinski definition) is 3. The number of carboxylic acid groups (broad SMARTS) is 1. The van der Waals surface area contributed by atoms with Crippen LogP contribution in [0.4, 0.5) is 10.5 Å². The third-order valence-corrected chi connectivity index (χ3v) is 7.65. The predicted octanol–water partition coefficient (Wildman–Crippen LogP) is 5.25. The van der Waals surface area contributed by atoms with Crippen molar-refractivity contribution in [3.63, 3.8) is 0 Å². The number of alkyl carbamates (subject to hydrolysis) is 1. The second-order valence-corrected chi connectivity index (χ2v) is 10.1. The minimum Gasteiger partial charge on any atom is -0.478 e. The van der Waals surface area contributed by atoms with E-state index in [9.17, 15) is 19.5 Å². The lowest BCUT2D eigenvalue weighted by atomic mass is 9.98. The first-order valence-electron chi connectivity index (χ1n) is 11.3. The normalized spacial score (nSPS) is 15.0. The van der Waals surface area contributed by atoms with Gasteiger partial charge in [-0.15, -0.1) is 0 Å². The SMILES string of the molecule is O=C(NCC1(C(=O)Nc2cc(C(=O)O)ccc2I)CC1)OCC1c2ccccc2-c2ccccc21. The maximum Gasteiger partial charge on any atom is 0.407 e. The maximum absolute atomic E-state index is 12.9. The van der Waals surface area contributed by atoms with E-state index in [1.54, 1.807) is 6.07 Å². The molecule has 0 bridgehead atoms. The largest absolute Gasteiger partial charge is 0.478 e. The molecule has 8 heteroatoms. The van der Waals surface area contributed by atoms with Crippen LogP contribution in [0.1, 0.15) is 40.2 Å². The third-order valence-electron chi connectivity index (χ3n) is 6.71. The van der Waals surface area contributed by atoms with E-state index >= 15 is 0 Å². The molecule has 2 aliphatic rings. The van der Waals surface area contributed by atoms with Gasteiger partial charge in [-0.1, -0.05) is 48.5 Å². The van der Waals surface area contributed by atoms with Gasteiger partial charge in [0.2, 0.25) is 5.91 Å². The van der Waals surface area contributed by atoms with Gasteiger partial charge < -0.3 is 20.5 Å². The summed E-state index contributed by atoms with van der Waals surface area (Å²) in [5.74, 6) is -1.33.